The predicted octanol–water partition coefficient (Wildman–Crippen LogP) is 1.49. The molecular weight excluding hydrogens is 154 g/mol. The van der Waals surface area contributed by atoms with Crippen molar-refractivity contribution in [1.82, 2.24) is 0 Å². The van der Waals surface area contributed by atoms with Crippen LogP contribution in [-0.4, -0.2) is 18.6 Å². The molecule has 0 aromatic heterocycles. The number of ether oxygens (including phenoxy) is 1. The van der Waals surface area contributed by atoms with Gasteiger partial charge in [0.25, 0.3) is 0 Å². The quantitative estimate of drug-likeness (QED) is 0.496. The van der Waals surface area contributed by atoms with Gasteiger partial charge < -0.3 is 10.5 Å². The molecule has 0 saturated carbocycles. The summed E-state index contributed by atoms with van der Waals surface area (Å²) in [5.41, 5.74) is 4.51. The third kappa shape index (κ3) is 7.72. The molecule has 3 nitrogen and oxygen atoms in total. The fourth-order valence-electron chi connectivity index (χ4n) is 0.576. The molecule has 0 atom stereocenters. The Bertz CT molecular complexity index is 97.7. The van der Waals surface area contributed by atoms with Crippen molar-refractivity contribution in [3.63, 3.8) is 0 Å². The molecule has 60 valence electrons. The maximum Gasteiger partial charge on any atom is 0.403 e. The first kappa shape index (κ1) is 9.72. The topological polar surface area (TPSA) is 52.3 Å². The average molecular weight is 166 g/mol. The lowest BCUT2D eigenvalue weighted by atomic mass is 10.2. The number of nitrogens with two attached hydrogens (primary N) is 1. The van der Waals surface area contributed by atoms with E-state index < -0.39 is 5.43 Å². The van der Waals surface area contributed by atoms with E-state index >= 15 is 0 Å². The molecule has 10 heavy (non-hydrogen) atoms. The highest BCUT2D eigenvalue weighted by Gasteiger charge is 1.93. The maximum atomic E-state index is 9.99. The Morgan fingerprint density at radius 2 is 2.10 bits per heavy atom. The largest absolute Gasteiger partial charge is 0.454 e. The van der Waals surface area contributed by atoms with Gasteiger partial charge in [-0.05, 0) is 25.8 Å². The van der Waals surface area contributed by atoms with Crippen LogP contribution in [0.15, 0.2) is 0 Å². The van der Waals surface area contributed by atoms with Gasteiger partial charge in [0, 0.05) is 11.6 Å². The van der Waals surface area contributed by atoms with Crippen LogP contribution in [0.25, 0.3) is 0 Å². The van der Waals surface area contributed by atoms with E-state index in [0.29, 0.717) is 13.2 Å². The van der Waals surface area contributed by atoms with Crippen molar-refractivity contribution < 1.29 is 9.53 Å². The Kier molecular flexibility index (Phi) is 6.64. The Labute approximate surface area is 65.5 Å². The summed E-state index contributed by atoms with van der Waals surface area (Å²) >= 11 is 4.90. The SMILES string of the molecule is NCCCCCOC(=O)Cl. The van der Waals surface area contributed by atoms with Crippen LogP contribution >= 0.6 is 11.6 Å². The number of halogens is 1. The molecule has 0 aliphatic heterocycles. The van der Waals surface area contributed by atoms with Gasteiger partial charge in [0.05, 0.1) is 6.61 Å². The molecule has 0 aromatic carbocycles. The van der Waals surface area contributed by atoms with Crippen LogP contribution in [0.5, 0.6) is 0 Å². The zero-order chi connectivity index (χ0) is 7.82. The van der Waals surface area contributed by atoms with E-state index in [1.165, 1.54) is 0 Å². The molecule has 0 amide bonds. The molecule has 0 spiro atoms. The second-order valence-electron chi connectivity index (χ2n) is 1.94. The summed E-state index contributed by atoms with van der Waals surface area (Å²) in [6.45, 7) is 1.09. The number of unbranched alkanes of at least 4 members (excludes halogenated alkanes) is 2. The van der Waals surface area contributed by atoms with Crippen LogP contribution in [0.3, 0.4) is 0 Å². The van der Waals surface area contributed by atoms with Gasteiger partial charge in [0.2, 0.25) is 0 Å². The molecule has 0 unspecified atom stereocenters. The summed E-state index contributed by atoms with van der Waals surface area (Å²) in [5.74, 6) is 0. The fraction of sp³-hybridized carbons (Fsp3) is 0.833. The van der Waals surface area contributed by atoms with Crippen molar-refractivity contribution in [3.05, 3.63) is 0 Å². The number of carbonyl (C=O) groups is 1. The van der Waals surface area contributed by atoms with E-state index in [1.807, 2.05) is 0 Å². The molecular formula is C6H12ClNO2. The van der Waals surface area contributed by atoms with E-state index in [0.717, 1.165) is 19.3 Å². The molecule has 4 heteroatoms. The minimum Gasteiger partial charge on any atom is -0.454 e. The first-order chi connectivity index (χ1) is 4.77. The van der Waals surface area contributed by atoms with E-state index in [1.54, 1.807) is 0 Å². The normalized spacial score (nSPS) is 9.40. The molecule has 0 rings (SSSR count). The van der Waals surface area contributed by atoms with E-state index in [4.69, 9.17) is 17.3 Å². The van der Waals surface area contributed by atoms with Crippen molar-refractivity contribution in [1.29, 1.82) is 0 Å². The van der Waals surface area contributed by atoms with Crippen molar-refractivity contribution in [2.24, 2.45) is 5.73 Å². The number of hydrogen-bond acceptors (Lipinski definition) is 3. The van der Waals surface area contributed by atoms with Crippen LogP contribution in [0.4, 0.5) is 4.79 Å². The zero-order valence-corrected chi connectivity index (χ0v) is 6.56. The Morgan fingerprint density at radius 1 is 1.40 bits per heavy atom. The maximum absolute atomic E-state index is 9.99. The second kappa shape index (κ2) is 6.83. The van der Waals surface area contributed by atoms with Crippen molar-refractivity contribution in [3.8, 4) is 0 Å². The number of hydrogen-bond donors (Lipinski definition) is 1. The summed E-state index contributed by atoms with van der Waals surface area (Å²) in [4.78, 5) is 9.99. The van der Waals surface area contributed by atoms with E-state index in [-0.39, 0.29) is 0 Å². The van der Waals surface area contributed by atoms with Gasteiger partial charge in [-0.15, -0.1) is 0 Å². The second-order valence-corrected chi connectivity index (χ2v) is 2.24. The summed E-state index contributed by atoms with van der Waals surface area (Å²) in [6.07, 6.45) is 2.80. The van der Waals surface area contributed by atoms with Gasteiger partial charge in [0.1, 0.15) is 0 Å². The summed E-state index contributed by atoms with van der Waals surface area (Å²) in [7, 11) is 0. The Hall–Kier alpha value is -0.280. The van der Waals surface area contributed by atoms with Gasteiger partial charge in [-0.3, -0.25) is 0 Å². The Balaban J connectivity index is 2.84. The standard InChI is InChI=1S/C6H12ClNO2/c7-6(9)10-5-3-1-2-4-8/h1-5,8H2. The predicted molar refractivity (Wildman–Crippen MR) is 40.1 cm³/mol. The average Bonchev–Trinajstić information content (AvgIpc) is 1.87. The molecule has 0 aliphatic rings. The first-order valence-corrected chi connectivity index (χ1v) is 3.67. The van der Waals surface area contributed by atoms with Crippen molar-refractivity contribution in [2.75, 3.05) is 13.2 Å². The number of carbonyl (C=O) groups excluding carboxylic acids is 1. The minimum atomic E-state index is -0.729. The van der Waals surface area contributed by atoms with E-state index in [2.05, 4.69) is 4.74 Å². The Morgan fingerprint density at radius 3 is 2.60 bits per heavy atom. The van der Waals surface area contributed by atoms with Gasteiger partial charge in [-0.1, -0.05) is 0 Å². The highest BCUT2D eigenvalue weighted by atomic mass is 35.5. The molecule has 0 saturated heterocycles. The zero-order valence-electron chi connectivity index (χ0n) is 5.81. The lowest BCUT2D eigenvalue weighted by molar-refractivity contribution is 0.171. The monoisotopic (exact) mass is 165 g/mol. The highest BCUT2D eigenvalue weighted by Crippen LogP contribution is 1.95. The molecule has 0 heterocycles. The molecule has 0 aromatic rings. The van der Waals surface area contributed by atoms with Gasteiger partial charge in [-0.2, -0.15) is 0 Å². The number of rotatable bonds is 5. The van der Waals surface area contributed by atoms with Gasteiger partial charge >= 0.3 is 5.43 Å². The van der Waals surface area contributed by atoms with Crippen LogP contribution < -0.4 is 5.73 Å². The molecule has 0 bridgehead atoms. The lowest BCUT2D eigenvalue weighted by Crippen LogP contribution is -2.00. The molecule has 0 radical (unpaired) electrons. The molecule has 2 N–H and O–H groups in total. The van der Waals surface area contributed by atoms with Gasteiger partial charge in [0.15, 0.2) is 0 Å². The summed E-state index contributed by atoms with van der Waals surface area (Å²) < 4.78 is 4.47. The third-order valence-electron chi connectivity index (χ3n) is 1.06. The van der Waals surface area contributed by atoms with Crippen LogP contribution in [0.1, 0.15) is 19.3 Å². The lowest BCUT2D eigenvalue weighted by Gasteiger charge is -1.98. The van der Waals surface area contributed by atoms with E-state index in [9.17, 15) is 4.79 Å². The summed E-state index contributed by atoms with van der Waals surface area (Å²) in [5, 5.41) is 0. The minimum absolute atomic E-state index is 0.405. The van der Waals surface area contributed by atoms with Crippen molar-refractivity contribution >= 4 is 17.0 Å². The van der Waals surface area contributed by atoms with Crippen molar-refractivity contribution in [2.45, 2.75) is 19.3 Å². The molecule has 0 fully saturated rings. The fourth-order valence-corrected chi connectivity index (χ4v) is 0.653. The molecule has 0 aliphatic carbocycles. The third-order valence-corrected chi connectivity index (χ3v) is 1.17. The van der Waals surface area contributed by atoms with Crippen LogP contribution in [0.2, 0.25) is 0 Å². The van der Waals surface area contributed by atoms with Crippen LogP contribution in [-0.2, 0) is 4.74 Å². The highest BCUT2D eigenvalue weighted by molar-refractivity contribution is 6.61. The first-order valence-electron chi connectivity index (χ1n) is 3.29. The van der Waals surface area contributed by atoms with Crippen LogP contribution in [0, 0.1) is 0 Å². The smallest absolute Gasteiger partial charge is 0.403 e. The summed E-state index contributed by atoms with van der Waals surface area (Å²) in [6, 6.07) is 0. The van der Waals surface area contributed by atoms with Gasteiger partial charge in [-0.25, -0.2) is 4.79 Å².